The zero-order valence-electron chi connectivity index (χ0n) is 9.65. The molecule has 5 heteroatoms. The van der Waals surface area contributed by atoms with Crippen LogP contribution in [0.2, 0.25) is 0 Å². The maximum absolute atomic E-state index is 10.5. The molecule has 0 fully saturated rings. The van der Waals surface area contributed by atoms with Gasteiger partial charge in [-0.05, 0) is 21.7 Å². The second-order valence-electron chi connectivity index (χ2n) is 4.91. The van der Waals surface area contributed by atoms with Crippen LogP contribution in [0.5, 0.6) is 0 Å². The molecule has 0 atom stereocenters. The largest absolute Gasteiger partial charge is 0.381 e. The van der Waals surface area contributed by atoms with Gasteiger partial charge in [0.2, 0.25) is 5.82 Å². The minimum Gasteiger partial charge on any atom is -0.358 e. The van der Waals surface area contributed by atoms with E-state index in [0.717, 1.165) is 13.0 Å². The monoisotopic (exact) mass is 211 g/mol. The van der Waals surface area contributed by atoms with Crippen molar-refractivity contribution in [3.05, 3.63) is 22.1 Å². The van der Waals surface area contributed by atoms with Gasteiger partial charge in [-0.25, -0.2) is 0 Å². The fraction of sp³-hybridized carbons (Fsp3) is 0.700. The van der Waals surface area contributed by atoms with E-state index in [2.05, 4.69) is 25.8 Å². The number of rotatable bonds is 3. The average molecular weight is 211 g/mol. The molecule has 5 nitrogen and oxygen atoms in total. The molecule has 0 aromatic carbocycles. The van der Waals surface area contributed by atoms with Crippen molar-refractivity contribution >= 4 is 5.82 Å². The van der Waals surface area contributed by atoms with Gasteiger partial charge in [-0.15, -0.1) is 0 Å². The molecule has 0 unspecified atom stereocenters. The molecule has 0 radical (unpaired) electrons. The summed E-state index contributed by atoms with van der Waals surface area (Å²) in [5, 5.41) is 10.5. The van der Waals surface area contributed by atoms with Crippen LogP contribution in [0.3, 0.4) is 0 Å². The van der Waals surface area contributed by atoms with Crippen LogP contribution in [-0.4, -0.2) is 14.5 Å². The van der Waals surface area contributed by atoms with Crippen LogP contribution in [0.4, 0.5) is 5.82 Å². The molecule has 0 aliphatic heterocycles. The first kappa shape index (κ1) is 11.7. The average Bonchev–Trinajstić information content (AvgIpc) is 2.42. The lowest BCUT2D eigenvalue weighted by molar-refractivity contribution is -0.389. The Morgan fingerprint density at radius 3 is 2.53 bits per heavy atom. The summed E-state index contributed by atoms with van der Waals surface area (Å²) in [6, 6.07) is 0. The first-order valence-corrected chi connectivity index (χ1v) is 4.98. The molecule has 0 bridgehead atoms. The van der Waals surface area contributed by atoms with Crippen LogP contribution < -0.4 is 0 Å². The maximum atomic E-state index is 10.5. The summed E-state index contributed by atoms with van der Waals surface area (Å²) in [7, 11) is 0. The van der Waals surface area contributed by atoms with E-state index in [1.807, 2.05) is 4.57 Å². The van der Waals surface area contributed by atoms with Crippen LogP contribution in [-0.2, 0) is 6.54 Å². The summed E-state index contributed by atoms with van der Waals surface area (Å²) in [6.07, 6.45) is 2.47. The lowest BCUT2D eigenvalue weighted by atomic mass is 9.92. The van der Waals surface area contributed by atoms with Gasteiger partial charge in [-0.1, -0.05) is 20.8 Å². The summed E-state index contributed by atoms with van der Waals surface area (Å²) in [4.78, 5) is 13.9. The minimum atomic E-state index is -0.458. The van der Waals surface area contributed by atoms with Crippen molar-refractivity contribution in [2.75, 3.05) is 0 Å². The Morgan fingerprint density at radius 2 is 2.13 bits per heavy atom. The zero-order chi connectivity index (χ0) is 11.6. The molecule has 1 heterocycles. The van der Waals surface area contributed by atoms with Crippen LogP contribution in [0.15, 0.2) is 6.20 Å². The van der Waals surface area contributed by atoms with Crippen LogP contribution in [0.1, 0.15) is 33.0 Å². The number of aromatic nitrogens is 2. The second kappa shape index (κ2) is 4.00. The molecule has 0 N–H and O–H groups in total. The fourth-order valence-corrected chi connectivity index (χ4v) is 1.26. The highest BCUT2D eigenvalue weighted by Crippen LogP contribution is 2.20. The van der Waals surface area contributed by atoms with E-state index in [1.54, 1.807) is 6.92 Å². The van der Waals surface area contributed by atoms with E-state index in [1.165, 1.54) is 6.20 Å². The van der Waals surface area contributed by atoms with Gasteiger partial charge in [0.25, 0.3) is 0 Å². The Morgan fingerprint density at radius 1 is 1.53 bits per heavy atom. The topological polar surface area (TPSA) is 61.0 Å². The quantitative estimate of drug-likeness (QED) is 0.570. The number of nitrogens with zero attached hydrogens (tertiary/aromatic N) is 3. The summed E-state index contributed by atoms with van der Waals surface area (Å²) in [5.74, 6) is 0.632. The van der Waals surface area contributed by atoms with Gasteiger partial charge in [-0.2, -0.15) is 0 Å². The summed E-state index contributed by atoms with van der Waals surface area (Å²) in [5.41, 5.74) is 0.228. The number of imidazole rings is 1. The molecule has 0 aliphatic carbocycles. The summed E-state index contributed by atoms with van der Waals surface area (Å²) < 4.78 is 1.84. The minimum absolute atomic E-state index is 0.0681. The predicted octanol–water partition coefficient (Wildman–Crippen LogP) is 2.54. The molecule has 15 heavy (non-hydrogen) atoms. The Hall–Kier alpha value is -1.39. The van der Waals surface area contributed by atoms with Gasteiger partial charge in [0.1, 0.15) is 6.20 Å². The first-order valence-electron chi connectivity index (χ1n) is 4.98. The number of nitro groups is 1. The first-order chi connectivity index (χ1) is 6.79. The molecule has 1 rings (SSSR count). The predicted molar refractivity (Wildman–Crippen MR) is 57.7 cm³/mol. The molecule has 0 saturated heterocycles. The van der Waals surface area contributed by atoms with E-state index < -0.39 is 4.92 Å². The molecular weight excluding hydrogens is 194 g/mol. The Bertz CT molecular complexity index is 363. The molecule has 0 aliphatic rings. The van der Waals surface area contributed by atoms with Crippen LogP contribution >= 0.6 is 0 Å². The normalized spacial score (nSPS) is 11.7. The maximum Gasteiger partial charge on any atom is 0.381 e. The second-order valence-corrected chi connectivity index (χ2v) is 4.91. The molecule has 0 amide bonds. The third-order valence-corrected chi connectivity index (χ3v) is 2.25. The molecule has 1 aromatic heterocycles. The smallest absolute Gasteiger partial charge is 0.358 e. The lowest BCUT2D eigenvalue weighted by Gasteiger charge is -2.17. The van der Waals surface area contributed by atoms with Gasteiger partial charge >= 0.3 is 5.82 Å². The van der Waals surface area contributed by atoms with Gasteiger partial charge in [0.05, 0.1) is 0 Å². The number of aryl methyl sites for hydroxylation is 2. The van der Waals surface area contributed by atoms with Crippen LogP contribution in [0, 0.1) is 22.5 Å². The Balaban J connectivity index is 2.74. The molecule has 0 spiro atoms. The Kier molecular flexibility index (Phi) is 3.12. The van der Waals surface area contributed by atoms with Crippen molar-refractivity contribution < 1.29 is 4.92 Å². The van der Waals surface area contributed by atoms with Gasteiger partial charge in [-0.3, -0.25) is 0 Å². The molecule has 0 saturated carbocycles. The fourth-order valence-electron chi connectivity index (χ4n) is 1.26. The van der Waals surface area contributed by atoms with Crippen molar-refractivity contribution in [2.24, 2.45) is 5.41 Å². The van der Waals surface area contributed by atoms with E-state index >= 15 is 0 Å². The third kappa shape index (κ3) is 3.34. The van der Waals surface area contributed by atoms with Crippen LogP contribution in [0.25, 0.3) is 0 Å². The Labute approximate surface area is 89.3 Å². The molecule has 1 aromatic rings. The number of hydrogen-bond donors (Lipinski definition) is 0. The van der Waals surface area contributed by atoms with Crippen molar-refractivity contribution in [1.29, 1.82) is 0 Å². The van der Waals surface area contributed by atoms with E-state index in [-0.39, 0.29) is 11.2 Å². The van der Waals surface area contributed by atoms with Crippen molar-refractivity contribution in [1.82, 2.24) is 9.55 Å². The van der Waals surface area contributed by atoms with E-state index in [4.69, 9.17) is 0 Å². The summed E-state index contributed by atoms with van der Waals surface area (Å²) in [6.45, 7) is 9.00. The highest BCUT2D eigenvalue weighted by molar-refractivity contribution is 5.16. The number of hydrogen-bond acceptors (Lipinski definition) is 3. The standard InChI is InChI=1S/C10H17N3O2/c1-8-11-9(13(14)15)7-12(8)6-5-10(2,3)4/h7H,5-6H2,1-4H3. The van der Waals surface area contributed by atoms with Crippen molar-refractivity contribution in [3.63, 3.8) is 0 Å². The zero-order valence-corrected chi connectivity index (χ0v) is 9.65. The molecular formula is C10H17N3O2. The highest BCUT2D eigenvalue weighted by atomic mass is 16.6. The van der Waals surface area contributed by atoms with E-state index in [0.29, 0.717) is 5.82 Å². The lowest BCUT2D eigenvalue weighted by Crippen LogP contribution is -2.10. The van der Waals surface area contributed by atoms with Gasteiger partial charge in [0, 0.05) is 13.5 Å². The molecule has 84 valence electrons. The third-order valence-electron chi connectivity index (χ3n) is 2.25. The highest BCUT2D eigenvalue weighted by Gasteiger charge is 2.17. The summed E-state index contributed by atoms with van der Waals surface area (Å²) >= 11 is 0. The van der Waals surface area contributed by atoms with Gasteiger partial charge < -0.3 is 14.7 Å². The van der Waals surface area contributed by atoms with Gasteiger partial charge in [0.15, 0.2) is 0 Å². The SMILES string of the molecule is Cc1nc([N+](=O)[O-])cn1CCC(C)(C)C. The van der Waals surface area contributed by atoms with Crippen molar-refractivity contribution in [2.45, 2.75) is 40.7 Å². The van der Waals surface area contributed by atoms with Crippen molar-refractivity contribution in [3.8, 4) is 0 Å². The van der Waals surface area contributed by atoms with E-state index in [9.17, 15) is 10.1 Å².